The fourth-order valence-electron chi connectivity index (χ4n) is 2.94. The molecule has 0 aliphatic carbocycles. The fourth-order valence-corrected chi connectivity index (χ4v) is 3.99. The maximum absolute atomic E-state index is 13.4. The van der Waals surface area contributed by atoms with Crippen molar-refractivity contribution in [3.8, 4) is 0 Å². The van der Waals surface area contributed by atoms with Crippen LogP contribution in [0.3, 0.4) is 0 Å². The maximum Gasteiger partial charge on any atom is 0.240 e. The third-order valence-corrected chi connectivity index (χ3v) is 5.76. The van der Waals surface area contributed by atoms with E-state index in [1.165, 1.54) is 0 Å². The van der Waals surface area contributed by atoms with Gasteiger partial charge in [0.05, 0.1) is 18.1 Å². The molecular weight excluding hydrogens is 362 g/mol. The highest BCUT2D eigenvalue weighted by molar-refractivity contribution is 7.89. The summed E-state index contributed by atoms with van der Waals surface area (Å²) in [6.45, 7) is 2.66. The van der Waals surface area contributed by atoms with E-state index in [0.717, 1.165) is 17.7 Å². The predicted molar refractivity (Wildman–Crippen MR) is 93.1 cm³/mol. The highest BCUT2D eigenvalue weighted by Crippen LogP contribution is 2.22. The van der Waals surface area contributed by atoms with Crippen LogP contribution in [0, 0.1) is 11.6 Å². The van der Waals surface area contributed by atoms with Crippen LogP contribution in [0.15, 0.2) is 53.4 Å². The summed E-state index contributed by atoms with van der Waals surface area (Å²) in [6, 6.07) is 11.9. The lowest BCUT2D eigenvalue weighted by Gasteiger charge is -2.34. The summed E-state index contributed by atoms with van der Waals surface area (Å²) in [5.74, 6) is -2.28. The lowest BCUT2D eigenvalue weighted by Crippen LogP contribution is -2.43. The van der Waals surface area contributed by atoms with Gasteiger partial charge in [-0.3, -0.25) is 4.90 Å². The topological polar surface area (TPSA) is 58.6 Å². The van der Waals surface area contributed by atoms with Crippen molar-refractivity contribution in [2.45, 2.75) is 10.9 Å². The first kappa shape index (κ1) is 18.9. The molecule has 2 aromatic rings. The fraction of sp³-hybridized carbons (Fsp3) is 0.333. The van der Waals surface area contributed by atoms with Crippen molar-refractivity contribution in [3.63, 3.8) is 0 Å². The number of nitrogens with one attached hydrogen (secondary N) is 1. The molecule has 0 radical (unpaired) electrons. The zero-order chi connectivity index (χ0) is 18.6. The van der Waals surface area contributed by atoms with Gasteiger partial charge < -0.3 is 4.74 Å². The normalized spacial score (nSPS) is 17.2. The summed E-state index contributed by atoms with van der Waals surface area (Å²) in [5.41, 5.74) is 0.974. The standard InChI is InChI=1S/C18H20F2N2O3S/c19-16-7-6-15(12-17(16)20)26(23,24)21-13-18(14-4-2-1-3-5-14)22-8-10-25-11-9-22/h1-7,12,18,21H,8-11,13H2. The van der Waals surface area contributed by atoms with E-state index in [0.29, 0.717) is 32.4 Å². The molecule has 0 aromatic heterocycles. The van der Waals surface area contributed by atoms with Crippen LogP contribution < -0.4 is 4.72 Å². The quantitative estimate of drug-likeness (QED) is 0.833. The van der Waals surface area contributed by atoms with Gasteiger partial charge in [-0.2, -0.15) is 0 Å². The molecule has 1 atom stereocenters. The van der Waals surface area contributed by atoms with E-state index in [1.807, 2.05) is 30.3 Å². The minimum atomic E-state index is -3.96. The van der Waals surface area contributed by atoms with Gasteiger partial charge in [-0.1, -0.05) is 30.3 Å². The molecule has 0 amide bonds. The van der Waals surface area contributed by atoms with Crippen molar-refractivity contribution in [1.82, 2.24) is 9.62 Å². The van der Waals surface area contributed by atoms with Crippen molar-refractivity contribution in [2.24, 2.45) is 0 Å². The monoisotopic (exact) mass is 382 g/mol. The number of sulfonamides is 1. The first-order valence-electron chi connectivity index (χ1n) is 8.29. The second kappa shape index (κ2) is 8.22. The second-order valence-electron chi connectivity index (χ2n) is 6.00. The zero-order valence-corrected chi connectivity index (χ0v) is 14.9. The summed E-state index contributed by atoms with van der Waals surface area (Å²) in [5, 5.41) is 0. The van der Waals surface area contributed by atoms with Gasteiger partial charge in [0.15, 0.2) is 11.6 Å². The van der Waals surface area contributed by atoms with Crippen LogP contribution in [-0.2, 0) is 14.8 Å². The van der Waals surface area contributed by atoms with Crippen LogP contribution in [0.1, 0.15) is 11.6 Å². The number of halogens is 2. The molecule has 140 valence electrons. The van der Waals surface area contributed by atoms with Gasteiger partial charge in [0.25, 0.3) is 0 Å². The van der Waals surface area contributed by atoms with Gasteiger partial charge in [0.2, 0.25) is 10.0 Å². The Bertz CT molecular complexity index is 841. The van der Waals surface area contributed by atoms with E-state index < -0.39 is 21.7 Å². The van der Waals surface area contributed by atoms with E-state index >= 15 is 0 Å². The molecule has 1 unspecified atom stereocenters. The summed E-state index contributed by atoms with van der Waals surface area (Å²) < 4.78 is 59.3. The van der Waals surface area contributed by atoms with Crippen LogP contribution in [0.2, 0.25) is 0 Å². The third kappa shape index (κ3) is 4.45. The number of benzene rings is 2. The molecule has 1 heterocycles. The molecule has 26 heavy (non-hydrogen) atoms. The Balaban J connectivity index is 1.79. The Kier molecular flexibility index (Phi) is 5.98. The van der Waals surface area contributed by atoms with Gasteiger partial charge in [-0.05, 0) is 23.8 Å². The number of hydrogen-bond donors (Lipinski definition) is 1. The number of morpholine rings is 1. The summed E-state index contributed by atoms with van der Waals surface area (Å²) in [6.07, 6.45) is 0. The van der Waals surface area contributed by atoms with E-state index in [2.05, 4.69) is 9.62 Å². The van der Waals surface area contributed by atoms with Gasteiger partial charge in [-0.25, -0.2) is 21.9 Å². The molecule has 0 spiro atoms. The minimum absolute atomic E-state index is 0.116. The smallest absolute Gasteiger partial charge is 0.240 e. The number of ether oxygens (including phenoxy) is 1. The van der Waals surface area contributed by atoms with Gasteiger partial charge in [0.1, 0.15) is 0 Å². The Labute approximate surface area is 151 Å². The van der Waals surface area contributed by atoms with Crippen LogP contribution >= 0.6 is 0 Å². The Morgan fingerprint density at radius 3 is 2.38 bits per heavy atom. The second-order valence-corrected chi connectivity index (χ2v) is 7.77. The lowest BCUT2D eigenvalue weighted by molar-refractivity contribution is 0.0172. The van der Waals surface area contributed by atoms with Crippen LogP contribution in [0.4, 0.5) is 8.78 Å². The number of rotatable bonds is 6. The molecule has 0 bridgehead atoms. The lowest BCUT2D eigenvalue weighted by atomic mass is 10.1. The summed E-state index contributed by atoms with van der Waals surface area (Å²) >= 11 is 0. The van der Waals surface area contributed by atoms with Crippen molar-refractivity contribution >= 4 is 10.0 Å². The molecule has 1 aliphatic heterocycles. The first-order valence-corrected chi connectivity index (χ1v) is 9.77. The largest absolute Gasteiger partial charge is 0.379 e. The number of nitrogens with zero attached hydrogens (tertiary/aromatic N) is 1. The first-order chi connectivity index (χ1) is 12.5. The minimum Gasteiger partial charge on any atom is -0.379 e. The average Bonchev–Trinajstić information content (AvgIpc) is 2.66. The molecular formula is C18H20F2N2O3S. The third-order valence-electron chi connectivity index (χ3n) is 4.34. The molecule has 2 aromatic carbocycles. The van der Waals surface area contributed by atoms with Gasteiger partial charge in [-0.15, -0.1) is 0 Å². The van der Waals surface area contributed by atoms with Crippen molar-refractivity contribution in [3.05, 3.63) is 65.7 Å². The molecule has 5 nitrogen and oxygen atoms in total. The molecule has 1 N–H and O–H groups in total. The maximum atomic E-state index is 13.4. The summed E-state index contributed by atoms with van der Waals surface area (Å²) in [7, 11) is -3.96. The van der Waals surface area contributed by atoms with Gasteiger partial charge >= 0.3 is 0 Å². The summed E-state index contributed by atoms with van der Waals surface area (Å²) in [4.78, 5) is 1.84. The van der Waals surface area contributed by atoms with E-state index in [9.17, 15) is 17.2 Å². The Hall–Kier alpha value is -1.87. The van der Waals surface area contributed by atoms with Crippen molar-refractivity contribution in [2.75, 3.05) is 32.8 Å². The van der Waals surface area contributed by atoms with Gasteiger partial charge in [0, 0.05) is 25.7 Å². The van der Waals surface area contributed by atoms with E-state index in [1.54, 1.807) is 0 Å². The molecule has 3 rings (SSSR count). The van der Waals surface area contributed by atoms with Crippen LogP contribution in [-0.4, -0.2) is 46.2 Å². The van der Waals surface area contributed by atoms with Crippen LogP contribution in [0.25, 0.3) is 0 Å². The highest BCUT2D eigenvalue weighted by atomic mass is 32.2. The van der Waals surface area contributed by atoms with Crippen molar-refractivity contribution < 1.29 is 21.9 Å². The van der Waals surface area contributed by atoms with E-state index in [4.69, 9.17) is 4.74 Å². The molecule has 0 saturated carbocycles. The SMILES string of the molecule is O=S(=O)(NCC(c1ccccc1)N1CCOCC1)c1ccc(F)c(F)c1. The van der Waals surface area contributed by atoms with Crippen molar-refractivity contribution in [1.29, 1.82) is 0 Å². The van der Waals surface area contributed by atoms with E-state index in [-0.39, 0.29) is 17.5 Å². The number of hydrogen-bond acceptors (Lipinski definition) is 4. The van der Waals surface area contributed by atoms with Crippen LogP contribution in [0.5, 0.6) is 0 Å². The molecule has 8 heteroatoms. The average molecular weight is 382 g/mol. The Morgan fingerprint density at radius 1 is 1.04 bits per heavy atom. The zero-order valence-electron chi connectivity index (χ0n) is 14.1. The molecule has 1 fully saturated rings. The molecule has 1 aliphatic rings. The highest BCUT2D eigenvalue weighted by Gasteiger charge is 2.25. The molecule has 1 saturated heterocycles. The Morgan fingerprint density at radius 2 is 1.73 bits per heavy atom. The predicted octanol–water partition coefficient (Wildman–Crippen LogP) is 2.32.